The summed E-state index contributed by atoms with van der Waals surface area (Å²) in [6, 6.07) is 3.04. The molecule has 0 saturated heterocycles. The van der Waals surface area contributed by atoms with Gasteiger partial charge in [-0.2, -0.15) is 4.72 Å². The number of nitrogens with two attached hydrogens (primary N) is 1. The van der Waals surface area contributed by atoms with E-state index in [1.54, 1.807) is 6.07 Å². The van der Waals surface area contributed by atoms with Gasteiger partial charge in [-0.15, -0.1) is 0 Å². The second-order valence-corrected chi connectivity index (χ2v) is 7.54. The molecule has 1 aromatic carbocycles. The number of sulfonamides is 1. The number of carbonyl (C=O) groups excluding carboxylic acids is 1. The number of amides is 1. The minimum Gasteiger partial charge on any atom is -0.480 e. The van der Waals surface area contributed by atoms with Crippen LogP contribution in [0, 0.1) is 0 Å². The van der Waals surface area contributed by atoms with Crippen LogP contribution >= 0.6 is 31.9 Å². The van der Waals surface area contributed by atoms with Crippen molar-refractivity contribution in [3.8, 4) is 0 Å². The van der Waals surface area contributed by atoms with Gasteiger partial charge in [0, 0.05) is 15.4 Å². The van der Waals surface area contributed by atoms with Gasteiger partial charge in [0.1, 0.15) is 6.04 Å². The molecule has 0 aromatic heterocycles. The monoisotopic (exact) mass is 442 g/mol. The van der Waals surface area contributed by atoms with Crippen LogP contribution in [0.4, 0.5) is 0 Å². The first kappa shape index (κ1) is 18.1. The summed E-state index contributed by atoms with van der Waals surface area (Å²) in [7, 11) is -4.07. The lowest BCUT2D eigenvalue weighted by molar-refractivity contribution is -0.139. The van der Waals surface area contributed by atoms with E-state index in [2.05, 4.69) is 31.9 Å². The molecule has 1 rings (SSSR count). The molecule has 1 aromatic rings. The van der Waals surface area contributed by atoms with Gasteiger partial charge in [-0.3, -0.25) is 9.59 Å². The molecule has 1 atom stereocenters. The van der Waals surface area contributed by atoms with E-state index in [1.165, 1.54) is 12.1 Å². The lowest BCUT2D eigenvalue weighted by Gasteiger charge is -2.15. The molecule has 0 aliphatic heterocycles. The van der Waals surface area contributed by atoms with Crippen LogP contribution in [-0.2, 0) is 19.6 Å². The molecule has 4 N–H and O–H groups in total. The Labute approximate surface area is 138 Å². The van der Waals surface area contributed by atoms with Crippen molar-refractivity contribution in [3.05, 3.63) is 27.1 Å². The van der Waals surface area contributed by atoms with Gasteiger partial charge < -0.3 is 10.8 Å². The average Bonchev–Trinajstić information content (AvgIpc) is 2.36. The number of primary amides is 1. The summed E-state index contributed by atoms with van der Waals surface area (Å²) < 4.78 is 27.3. The lowest BCUT2D eigenvalue weighted by Crippen LogP contribution is -2.41. The third-order valence-corrected chi connectivity index (χ3v) is 5.42. The standard InChI is InChI=1S/C11H12Br2N2O5S/c12-6-1-2-7(13)9(5-6)21(19,20)15-8(11(17)18)3-4-10(14)16/h1-2,5,8,15H,3-4H2,(H2,14,16)(H,17,18)/t8-/m1/s1. The van der Waals surface area contributed by atoms with Crippen molar-refractivity contribution in [2.45, 2.75) is 23.8 Å². The maximum Gasteiger partial charge on any atom is 0.321 e. The van der Waals surface area contributed by atoms with E-state index < -0.39 is 27.9 Å². The van der Waals surface area contributed by atoms with Crippen molar-refractivity contribution in [1.82, 2.24) is 4.72 Å². The van der Waals surface area contributed by atoms with E-state index in [0.29, 0.717) is 4.47 Å². The molecule has 7 nitrogen and oxygen atoms in total. The molecule has 0 fully saturated rings. The molecule has 0 aliphatic rings. The Bertz CT molecular complexity index is 663. The first-order valence-corrected chi connectivity index (χ1v) is 8.69. The van der Waals surface area contributed by atoms with Gasteiger partial charge in [-0.05, 0) is 40.5 Å². The molecular formula is C11H12Br2N2O5S. The SMILES string of the molecule is NC(=O)CC[C@@H](NS(=O)(=O)c1cc(Br)ccc1Br)C(=O)O. The van der Waals surface area contributed by atoms with Crippen LogP contribution in [0.2, 0.25) is 0 Å². The number of aliphatic carboxylic acids is 1. The Balaban J connectivity index is 3.03. The van der Waals surface area contributed by atoms with Crippen molar-refractivity contribution in [2.75, 3.05) is 0 Å². The van der Waals surface area contributed by atoms with Crippen LogP contribution < -0.4 is 10.5 Å². The van der Waals surface area contributed by atoms with Crippen LogP contribution in [0.3, 0.4) is 0 Å². The fourth-order valence-electron chi connectivity index (χ4n) is 1.45. The minimum atomic E-state index is -4.07. The summed E-state index contributed by atoms with van der Waals surface area (Å²) >= 11 is 6.24. The van der Waals surface area contributed by atoms with Crippen LogP contribution in [0.5, 0.6) is 0 Å². The van der Waals surface area contributed by atoms with Crippen molar-refractivity contribution in [1.29, 1.82) is 0 Å². The highest BCUT2D eigenvalue weighted by Crippen LogP contribution is 2.25. The van der Waals surface area contributed by atoms with Crippen LogP contribution in [0.25, 0.3) is 0 Å². The van der Waals surface area contributed by atoms with E-state index in [1.807, 2.05) is 4.72 Å². The first-order valence-electron chi connectivity index (χ1n) is 5.62. The van der Waals surface area contributed by atoms with Crippen LogP contribution in [0.1, 0.15) is 12.8 Å². The smallest absolute Gasteiger partial charge is 0.321 e. The first-order chi connectivity index (χ1) is 9.63. The zero-order chi connectivity index (χ0) is 16.2. The Kier molecular flexibility index (Phi) is 6.32. The van der Waals surface area contributed by atoms with E-state index in [4.69, 9.17) is 10.8 Å². The molecule has 10 heteroatoms. The lowest BCUT2D eigenvalue weighted by atomic mass is 10.2. The fraction of sp³-hybridized carbons (Fsp3) is 0.273. The summed E-state index contributed by atoms with van der Waals surface area (Å²) in [4.78, 5) is 21.7. The minimum absolute atomic E-state index is 0.109. The van der Waals surface area contributed by atoms with Gasteiger partial charge in [0.2, 0.25) is 15.9 Å². The highest BCUT2D eigenvalue weighted by Gasteiger charge is 2.27. The third-order valence-electron chi connectivity index (χ3n) is 2.46. The number of rotatable bonds is 7. The van der Waals surface area contributed by atoms with Crippen molar-refractivity contribution in [3.63, 3.8) is 0 Å². The average molecular weight is 444 g/mol. The molecule has 0 aliphatic carbocycles. The fourth-order valence-corrected chi connectivity index (χ4v) is 4.18. The summed E-state index contributed by atoms with van der Waals surface area (Å²) in [6.07, 6.45) is -0.464. The Hall–Kier alpha value is -0.970. The predicted molar refractivity (Wildman–Crippen MR) is 82.0 cm³/mol. The zero-order valence-electron chi connectivity index (χ0n) is 10.5. The number of nitrogens with one attached hydrogen (secondary N) is 1. The Morgan fingerprint density at radius 2 is 1.95 bits per heavy atom. The van der Waals surface area contributed by atoms with E-state index in [-0.39, 0.29) is 22.2 Å². The van der Waals surface area contributed by atoms with E-state index in [0.717, 1.165) is 0 Å². The summed E-state index contributed by atoms with van der Waals surface area (Å²) in [5.74, 6) is -2.09. The predicted octanol–water partition coefficient (Wildman–Crippen LogP) is 1.21. The molecule has 0 bridgehead atoms. The molecular weight excluding hydrogens is 432 g/mol. The highest BCUT2D eigenvalue weighted by molar-refractivity contribution is 9.11. The molecule has 116 valence electrons. The number of hydrogen-bond donors (Lipinski definition) is 3. The molecule has 0 heterocycles. The van der Waals surface area contributed by atoms with Gasteiger partial charge >= 0.3 is 5.97 Å². The second-order valence-electron chi connectivity index (χ2n) is 4.09. The van der Waals surface area contributed by atoms with Crippen LogP contribution in [-0.4, -0.2) is 31.4 Å². The van der Waals surface area contributed by atoms with E-state index >= 15 is 0 Å². The van der Waals surface area contributed by atoms with Gasteiger partial charge in [-0.25, -0.2) is 8.42 Å². The van der Waals surface area contributed by atoms with Crippen LogP contribution in [0.15, 0.2) is 32.0 Å². The van der Waals surface area contributed by atoms with Gasteiger partial charge in [-0.1, -0.05) is 15.9 Å². The number of carboxylic acid groups (broad SMARTS) is 1. The number of carboxylic acids is 1. The van der Waals surface area contributed by atoms with Crippen molar-refractivity contribution in [2.24, 2.45) is 5.73 Å². The van der Waals surface area contributed by atoms with E-state index in [9.17, 15) is 18.0 Å². The number of benzene rings is 1. The van der Waals surface area contributed by atoms with Gasteiger partial charge in [0.25, 0.3) is 0 Å². The topological polar surface area (TPSA) is 127 Å². The maximum atomic E-state index is 12.2. The summed E-state index contributed by atoms with van der Waals surface area (Å²) in [5, 5.41) is 9.02. The van der Waals surface area contributed by atoms with Gasteiger partial charge in [0.05, 0.1) is 4.90 Å². The van der Waals surface area contributed by atoms with Crippen molar-refractivity contribution < 1.29 is 23.1 Å². The molecule has 0 spiro atoms. The second kappa shape index (κ2) is 7.34. The molecule has 0 saturated carbocycles. The largest absolute Gasteiger partial charge is 0.480 e. The molecule has 0 radical (unpaired) electrons. The maximum absolute atomic E-state index is 12.2. The quantitative estimate of drug-likeness (QED) is 0.583. The molecule has 21 heavy (non-hydrogen) atoms. The van der Waals surface area contributed by atoms with Crippen molar-refractivity contribution >= 4 is 53.8 Å². The highest BCUT2D eigenvalue weighted by atomic mass is 79.9. The molecule has 1 amide bonds. The summed E-state index contributed by atoms with van der Waals surface area (Å²) in [5.41, 5.74) is 4.94. The third kappa shape index (κ3) is 5.38. The Morgan fingerprint density at radius 1 is 1.33 bits per heavy atom. The van der Waals surface area contributed by atoms with Gasteiger partial charge in [0.15, 0.2) is 0 Å². The molecule has 0 unspecified atom stereocenters. The number of halogens is 2. The number of carbonyl (C=O) groups is 2. The Morgan fingerprint density at radius 3 is 2.48 bits per heavy atom. The summed E-state index contributed by atoms with van der Waals surface area (Å²) in [6.45, 7) is 0. The zero-order valence-corrected chi connectivity index (χ0v) is 14.5. The normalized spacial score (nSPS) is 12.9. The number of hydrogen-bond acceptors (Lipinski definition) is 4.